The Balaban J connectivity index is 1.73. The number of carbonyl (C=O) groups excluding carboxylic acids is 2. The van der Waals surface area contributed by atoms with Crippen LogP contribution in [0.25, 0.3) is 5.76 Å². The van der Waals surface area contributed by atoms with Gasteiger partial charge in [0.2, 0.25) is 6.79 Å². The Bertz CT molecular complexity index is 1290. The van der Waals surface area contributed by atoms with Gasteiger partial charge in [-0.2, -0.15) is 0 Å². The maximum absolute atomic E-state index is 13.2. The Morgan fingerprint density at radius 2 is 1.94 bits per heavy atom. The summed E-state index contributed by atoms with van der Waals surface area (Å²) in [5, 5.41) is 11.6. The molecule has 1 aromatic heterocycles. The highest BCUT2D eigenvalue weighted by Gasteiger charge is 2.47. The number of pyridine rings is 1. The van der Waals surface area contributed by atoms with E-state index in [1.165, 1.54) is 4.90 Å². The summed E-state index contributed by atoms with van der Waals surface area (Å²) in [5.41, 5.74) is 2.12. The number of halogens is 1. The maximum atomic E-state index is 13.2. The molecule has 1 atom stereocenters. The Labute approximate surface area is 188 Å². The first-order chi connectivity index (χ1) is 15.5. The van der Waals surface area contributed by atoms with Crippen LogP contribution < -0.4 is 14.4 Å². The van der Waals surface area contributed by atoms with Crippen molar-refractivity contribution in [2.45, 2.75) is 13.0 Å². The van der Waals surface area contributed by atoms with Gasteiger partial charge >= 0.3 is 0 Å². The third-order valence-electron chi connectivity index (χ3n) is 5.52. The average molecular weight is 449 g/mol. The number of aryl methyl sites for hydroxylation is 1. The molecule has 2 aliphatic heterocycles. The molecule has 0 spiro atoms. The molecule has 3 aromatic rings. The molecule has 5 rings (SSSR count). The Morgan fingerprint density at radius 3 is 2.72 bits per heavy atom. The summed E-state index contributed by atoms with van der Waals surface area (Å²) < 4.78 is 10.7. The standard InChI is InChI=1S/C24H17ClN2O5/c1-13-4-6-16(25)10-17(13)27-21(15-3-2-8-26-11-15)20(23(29)24(27)30)22(28)14-5-7-18-19(9-14)32-12-31-18/h2-11,21,28H,12H2,1H3/b22-20-. The van der Waals surface area contributed by atoms with Crippen molar-refractivity contribution >= 4 is 34.7 Å². The highest BCUT2D eigenvalue weighted by Crippen LogP contribution is 2.44. The number of hydrogen-bond acceptors (Lipinski definition) is 6. The maximum Gasteiger partial charge on any atom is 0.300 e. The van der Waals surface area contributed by atoms with Crippen LogP contribution in [0.5, 0.6) is 11.5 Å². The summed E-state index contributed by atoms with van der Waals surface area (Å²) in [6, 6.07) is 12.5. The molecule has 1 amide bonds. The van der Waals surface area contributed by atoms with Gasteiger partial charge < -0.3 is 14.6 Å². The lowest BCUT2D eigenvalue weighted by Gasteiger charge is -2.26. The van der Waals surface area contributed by atoms with E-state index in [1.807, 2.05) is 6.92 Å². The number of amides is 1. The van der Waals surface area contributed by atoms with Crippen molar-refractivity contribution in [3.05, 3.63) is 88.2 Å². The molecule has 32 heavy (non-hydrogen) atoms. The second-order valence-electron chi connectivity index (χ2n) is 7.45. The lowest BCUT2D eigenvalue weighted by Crippen LogP contribution is -2.30. The van der Waals surface area contributed by atoms with Crippen LogP contribution in [0.2, 0.25) is 5.02 Å². The third kappa shape index (κ3) is 3.18. The molecule has 3 heterocycles. The number of carbonyl (C=O) groups is 2. The molecule has 1 unspecified atom stereocenters. The van der Waals surface area contributed by atoms with Crippen molar-refractivity contribution in [1.29, 1.82) is 0 Å². The first-order valence-corrected chi connectivity index (χ1v) is 10.2. The number of hydrogen-bond donors (Lipinski definition) is 1. The highest BCUT2D eigenvalue weighted by molar-refractivity contribution is 6.52. The first-order valence-electron chi connectivity index (χ1n) is 9.83. The molecule has 160 valence electrons. The largest absolute Gasteiger partial charge is 0.507 e. The van der Waals surface area contributed by atoms with E-state index < -0.39 is 17.7 Å². The first kappa shape index (κ1) is 20.1. The van der Waals surface area contributed by atoms with Gasteiger partial charge in [0.05, 0.1) is 11.6 Å². The zero-order valence-corrected chi connectivity index (χ0v) is 17.7. The number of aliphatic hydroxyl groups is 1. The lowest BCUT2D eigenvalue weighted by atomic mass is 9.96. The van der Waals surface area contributed by atoms with Crippen LogP contribution in [-0.4, -0.2) is 28.6 Å². The molecular formula is C24H17ClN2O5. The van der Waals surface area contributed by atoms with Crippen LogP contribution in [0.1, 0.15) is 22.7 Å². The second-order valence-corrected chi connectivity index (χ2v) is 7.89. The predicted molar refractivity (Wildman–Crippen MR) is 118 cm³/mol. The van der Waals surface area contributed by atoms with Crippen molar-refractivity contribution < 1.29 is 24.2 Å². The smallest absolute Gasteiger partial charge is 0.300 e. The number of fused-ring (bicyclic) bond motifs is 1. The van der Waals surface area contributed by atoms with E-state index in [0.717, 1.165) is 5.56 Å². The van der Waals surface area contributed by atoms with E-state index in [9.17, 15) is 14.7 Å². The fourth-order valence-corrected chi connectivity index (χ4v) is 4.14. The Hall–Kier alpha value is -3.84. The van der Waals surface area contributed by atoms with Gasteiger partial charge in [-0.1, -0.05) is 23.7 Å². The third-order valence-corrected chi connectivity index (χ3v) is 5.76. The van der Waals surface area contributed by atoms with E-state index >= 15 is 0 Å². The molecule has 0 saturated carbocycles. The molecule has 0 radical (unpaired) electrons. The molecule has 0 bridgehead atoms. The summed E-state index contributed by atoms with van der Waals surface area (Å²) in [7, 11) is 0. The predicted octanol–water partition coefficient (Wildman–Crippen LogP) is 4.40. The van der Waals surface area contributed by atoms with Crippen molar-refractivity contribution in [3.8, 4) is 11.5 Å². The second kappa shape index (κ2) is 7.69. The van der Waals surface area contributed by atoms with Gasteiger partial charge in [0, 0.05) is 28.7 Å². The number of rotatable bonds is 3. The van der Waals surface area contributed by atoms with Crippen LogP contribution >= 0.6 is 11.6 Å². The van der Waals surface area contributed by atoms with Crippen molar-refractivity contribution in [2.75, 3.05) is 11.7 Å². The van der Waals surface area contributed by atoms with Gasteiger partial charge in [-0.15, -0.1) is 0 Å². The Morgan fingerprint density at radius 1 is 1.12 bits per heavy atom. The summed E-state index contributed by atoms with van der Waals surface area (Å²) in [4.78, 5) is 31.9. The number of ether oxygens (including phenoxy) is 2. The lowest BCUT2D eigenvalue weighted by molar-refractivity contribution is -0.132. The SMILES string of the molecule is Cc1ccc(Cl)cc1N1C(=O)C(=O)/C(=C(\O)c2ccc3c(c2)OCO3)C1c1cccnc1. The van der Waals surface area contributed by atoms with Crippen LogP contribution in [0.15, 0.2) is 66.5 Å². The molecule has 7 nitrogen and oxygen atoms in total. The van der Waals surface area contributed by atoms with Gasteiger partial charge in [0.1, 0.15) is 5.76 Å². The molecule has 2 aromatic carbocycles. The van der Waals surface area contributed by atoms with Crippen LogP contribution in [0.3, 0.4) is 0 Å². The van der Waals surface area contributed by atoms with Gasteiger partial charge in [-0.3, -0.25) is 19.5 Å². The van der Waals surface area contributed by atoms with Gasteiger partial charge in [-0.05, 0) is 54.4 Å². The average Bonchev–Trinajstić information content (AvgIpc) is 3.38. The summed E-state index contributed by atoms with van der Waals surface area (Å²) in [6.07, 6.45) is 3.16. The van der Waals surface area contributed by atoms with Crippen molar-refractivity contribution in [2.24, 2.45) is 0 Å². The molecule has 1 N–H and O–H groups in total. The van der Waals surface area contributed by atoms with Gasteiger partial charge in [0.15, 0.2) is 11.5 Å². The zero-order valence-electron chi connectivity index (χ0n) is 16.9. The number of anilines is 1. The molecule has 1 saturated heterocycles. The topological polar surface area (TPSA) is 89.0 Å². The highest BCUT2D eigenvalue weighted by atomic mass is 35.5. The van der Waals surface area contributed by atoms with E-state index in [-0.39, 0.29) is 18.1 Å². The molecular weight excluding hydrogens is 432 g/mol. The molecule has 8 heteroatoms. The number of benzene rings is 2. The van der Waals surface area contributed by atoms with Crippen LogP contribution in [0, 0.1) is 6.92 Å². The van der Waals surface area contributed by atoms with Crippen molar-refractivity contribution in [3.63, 3.8) is 0 Å². The monoisotopic (exact) mass is 448 g/mol. The summed E-state index contributed by atoms with van der Waals surface area (Å²) >= 11 is 6.20. The van der Waals surface area contributed by atoms with Gasteiger partial charge in [-0.25, -0.2) is 0 Å². The molecule has 2 aliphatic rings. The van der Waals surface area contributed by atoms with E-state index in [4.69, 9.17) is 21.1 Å². The molecule has 0 aliphatic carbocycles. The number of aromatic nitrogens is 1. The molecule has 1 fully saturated rings. The van der Waals surface area contributed by atoms with E-state index in [1.54, 1.807) is 60.9 Å². The minimum absolute atomic E-state index is 0.0405. The number of aliphatic hydroxyl groups excluding tert-OH is 1. The zero-order chi connectivity index (χ0) is 22.4. The number of nitrogens with zero attached hydrogens (tertiary/aromatic N) is 2. The van der Waals surface area contributed by atoms with Crippen molar-refractivity contribution in [1.82, 2.24) is 4.98 Å². The minimum Gasteiger partial charge on any atom is -0.507 e. The van der Waals surface area contributed by atoms with E-state index in [2.05, 4.69) is 4.98 Å². The van der Waals surface area contributed by atoms with Crippen LogP contribution in [0.4, 0.5) is 5.69 Å². The number of Topliss-reactive ketones (excluding diaryl/α,β-unsaturated/α-hetero) is 1. The quantitative estimate of drug-likeness (QED) is 0.363. The fraction of sp³-hybridized carbons (Fsp3) is 0.125. The fourth-order valence-electron chi connectivity index (χ4n) is 3.98. The van der Waals surface area contributed by atoms with Gasteiger partial charge in [0.25, 0.3) is 11.7 Å². The van der Waals surface area contributed by atoms with Crippen LogP contribution in [-0.2, 0) is 9.59 Å². The Kier molecular flexibility index (Phi) is 4.83. The minimum atomic E-state index is -0.883. The van der Waals surface area contributed by atoms with E-state index in [0.29, 0.717) is 33.3 Å². The normalized spacial score (nSPS) is 18.9. The summed E-state index contributed by atoms with van der Waals surface area (Å²) in [6.45, 7) is 1.90. The summed E-state index contributed by atoms with van der Waals surface area (Å²) in [5.74, 6) is -0.871. The number of ketones is 1.